The normalized spacial score (nSPS) is 20.0. The second kappa shape index (κ2) is 9.16. The fourth-order valence-corrected chi connectivity index (χ4v) is 5.24. The highest BCUT2D eigenvalue weighted by Crippen LogP contribution is 2.23. The Balaban J connectivity index is 1.81. The van der Waals surface area contributed by atoms with Gasteiger partial charge in [-0.05, 0) is 39.0 Å². The number of aromatic nitrogens is 2. The van der Waals surface area contributed by atoms with Gasteiger partial charge in [0.1, 0.15) is 0 Å². The summed E-state index contributed by atoms with van der Waals surface area (Å²) in [6, 6.07) is 5.72. The molecule has 1 saturated heterocycles. The van der Waals surface area contributed by atoms with E-state index in [-0.39, 0.29) is 53.1 Å². The molecule has 12 heteroatoms. The van der Waals surface area contributed by atoms with E-state index in [9.17, 15) is 18.0 Å². The highest BCUT2D eigenvalue weighted by molar-refractivity contribution is 7.89. The van der Waals surface area contributed by atoms with E-state index < -0.39 is 21.9 Å². The Kier molecular flexibility index (Phi) is 6.81. The van der Waals surface area contributed by atoms with Crippen molar-refractivity contribution in [1.29, 1.82) is 0 Å². The quantitative estimate of drug-likeness (QED) is 0.654. The average Bonchev–Trinajstić information content (AvgIpc) is 3.15. The summed E-state index contributed by atoms with van der Waals surface area (Å²) in [7, 11) is -3.80. The van der Waals surface area contributed by atoms with Crippen LogP contribution in [0.5, 0.6) is 0 Å². The minimum absolute atomic E-state index is 0.00416. The van der Waals surface area contributed by atoms with Crippen LogP contribution in [-0.2, 0) is 19.5 Å². The molecule has 1 aromatic carbocycles. The van der Waals surface area contributed by atoms with Gasteiger partial charge in [-0.15, -0.1) is 5.10 Å². The summed E-state index contributed by atoms with van der Waals surface area (Å²) in [6.07, 6.45) is -0.453. The van der Waals surface area contributed by atoms with Gasteiger partial charge in [0.25, 0.3) is 5.91 Å². The van der Waals surface area contributed by atoms with Crippen molar-refractivity contribution in [3.63, 3.8) is 0 Å². The van der Waals surface area contributed by atoms with Gasteiger partial charge < -0.3 is 14.8 Å². The van der Waals surface area contributed by atoms with E-state index in [4.69, 9.17) is 9.47 Å². The van der Waals surface area contributed by atoms with Crippen LogP contribution in [0.15, 0.2) is 29.2 Å². The van der Waals surface area contributed by atoms with E-state index in [0.717, 1.165) is 11.5 Å². The Bertz CT molecular complexity index is 1030. The number of morpholine rings is 1. The van der Waals surface area contributed by atoms with Crippen LogP contribution in [0.25, 0.3) is 0 Å². The van der Waals surface area contributed by atoms with Crippen molar-refractivity contribution in [3.8, 4) is 0 Å². The number of hydrogen-bond acceptors (Lipinski definition) is 9. The van der Waals surface area contributed by atoms with Crippen LogP contribution in [0.2, 0.25) is 0 Å². The number of ether oxygens (including phenoxy) is 2. The molecule has 1 amide bonds. The topological polar surface area (TPSA) is 128 Å². The Hall–Kier alpha value is -2.41. The summed E-state index contributed by atoms with van der Waals surface area (Å²) in [5.74, 6) is -1.29. The number of anilines is 1. The van der Waals surface area contributed by atoms with Crippen molar-refractivity contribution >= 4 is 38.4 Å². The fraction of sp³-hybridized carbons (Fsp3) is 0.444. The number of hydrogen-bond donors (Lipinski definition) is 1. The van der Waals surface area contributed by atoms with E-state index in [0.29, 0.717) is 0 Å². The molecule has 162 valence electrons. The third-order valence-electron chi connectivity index (χ3n) is 4.30. The monoisotopic (exact) mass is 454 g/mol. The van der Waals surface area contributed by atoms with Crippen LogP contribution < -0.4 is 5.32 Å². The van der Waals surface area contributed by atoms with Gasteiger partial charge in [0.15, 0.2) is 5.00 Å². The number of carbonyl (C=O) groups is 2. The molecule has 10 nitrogen and oxygen atoms in total. The maximum atomic E-state index is 13.0. The SMILES string of the molecule is CCOC(=O)c1nnsc1NC(=O)c1cccc(S(=O)(=O)N2CC(C)OC(C)C2)c1. The number of esters is 1. The van der Waals surface area contributed by atoms with E-state index >= 15 is 0 Å². The zero-order valence-corrected chi connectivity index (χ0v) is 18.3. The number of amides is 1. The molecule has 30 heavy (non-hydrogen) atoms. The first-order valence-corrected chi connectivity index (χ1v) is 11.5. The number of nitrogens with zero attached hydrogens (tertiary/aromatic N) is 3. The molecule has 3 rings (SSSR count). The maximum absolute atomic E-state index is 13.0. The van der Waals surface area contributed by atoms with Crippen LogP contribution in [-0.4, -0.2) is 66.1 Å². The molecule has 0 saturated carbocycles. The van der Waals surface area contributed by atoms with Crippen LogP contribution in [0.1, 0.15) is 41.6 Å². The van der Waals surface area contributed by atoms with Gasteiger partial charge in [0.05, 0.1) is 23.7 Å². The molecule has 0 spiro atoms. The number of carbonyl (C=O) groups excluding carboxylic acids is 2. The number of nitrogens with one attached hydrogen (secondary N) is 1. The van der Waals surface area contributed by atoms with Gasteiger partial charge in [-0.3, -0.25) is 4.79 Å². The largest absolute Gasteiger partial charge is 0.461 e. The summed E-state index contributed by atoms with van der Waals surface area (Å²) < 4.78 is 41.6. The van der Waals surface area contributed by atoms with Gasteiger partial charge in [0, 0.05) is 30.2 Å². The van der Waals surface area contributed by atoms with Gasteiger partial charge >= 0.3 is 5.97 Å². The minimum atomic E-state index is -3.80. The molecule has 0 aliphatic carbocycles. The highest BCUT2D eigenvalue weighted by Gasteiger charge is 2.32. The molecular weight excluding hydrogens is 432 g/mol. The lowest BCUT2D eigenvalue weighted by molar-refractivity contribution is -0.0440. The van der Waals surface area contributed by atoms with Gasteiger partial charge in [0.2, 0.25) is 15.7 Å². The smallest absolute Gasteiger partial charge is 0.362 e. The predicted octanol–water partition coefficient (Wildman–Crippen LogP) is 1.76. The summed E-state index contributed by atoms with van der Waals surface area (Å²) in [4.78, 5) is 24.6. The number of sulfonamides is 1. The lowest BCUT2D eigenvalue weighted by atomic mass is 10.2. The van der Waals surface area contributed by atoms with Crippen LogP contribution in [0, 0.1) is 0 Å². The first-order valence-electron chi connectivity index (χ1n) is 9.28. The van der Waals surface area contributed by atoms with Crippen molar-refractivity contribution in [2.24, 2.45) is 0 Å². The Morgan fingerprint density at radius 3 is 2.67 bits per heavy atom. The second-order valence-electron chi connectivity index (χ2n) is 6.73. The number of benzene rings is 1. The molecule has 2 heterocycles. The molecule has 1 aliphatic heterocycles. The van der Waals surface area contributed by atoms with E-state index in [2.05, 4.69) is 14.9 Å². The molecule has 1 fully saturated rings. The molecule has 0 bridgehead atoms. The Labute approximate surface area is 178 Å². The maximum Gasteiger partial charge on any atom is 0.362 e. The molecule has 0 radical (unpaired) electrons. The van der Waals surface area contributed by atoms with Crippen molar-refractivity contribution < 1.29 is 27.5 Å². The Morgan fingerprint density at radius 1 is 1.30 bits per heavy atom. The van der Waals surface area contributed by atoms with Crippen molar-refractivity contribution in [2.75, 3.05) is 25.0 Å². The van der Waals surface area contributed by atoms with Crippen LogP contribution >= 0.6 is 11.5 Å². The Morgan fingerprint density at radius 2 is 2.00 bits per heavy atom. The van der Waals surface area contributed by atoms with Gasteiger partial charge in [-0.1, -0.05) is 10.6 Å². The summed E-state index contributed by atoms with van der Waals surface area (Å²) in [5.41, 5.74) is 0.0175. The van der Waals surface area contributed by atoms with Gasteiger partial charge in [-0.2, -0.15) is 4.31 Å². The molecule has 1 aromatic heterocycles. The standard InChI is InChI=1S/C18H22N4O6S2/c1-4-27-18(24)15-17(29-21-20-15)19-16(23)13-6-5-7-14(8-13)30(25,26)22-9-11(2)28-12(3)10-22/h5-8,11-12H,4,9-10H2,1-3H3,(H,19,23). The molecular formula is C18H22N4O6S2. The van der Waals surface area contributed by atoms with E-state index in [1.807, 2.05) is 13.8 Å². The lowest BCUT2D eigenvalue weighted by Crippen LogP contribution is -2.48. The molecule has 1 N–H and O–H groups in total. The van der Waals surface area contributed by atoms with Crippen LogP contribution in [0.4, 0.5) is 5.00 Å². The molecule has 1 aliphatic rings. The summed E-state index contributed by atoms with van der Waals surface area (Å²) in [6.45, 7) is 5.90. The third kappa shape index (κ3) is 4.83. The summed E-state index contributed by atoms with van der Waals surface area (Å²) in [5, 5.41) is 6.35. The lowest BCUT2D eigenvalue weighted by Gasteiger charge is -2.34. The third-order valence-corrected chi connectivity index (χ3v) is 6.77. The van der Waals surface area contributed by atoms with E-state index in [1.54, 1.807) is 6.92 Å². The second-order valence-corrected chi connectivity index (χ2v) is 9.42. The zero-order chi connectivity index (χ0) is 21.9. The van der Waals surface area contributed by atoms with Crippen molar-refractivity contribution in [1.82, 2.24) is 13.9 Å². The average molecular weight is 455 g/mol. The molecule has 2 unspecified atom stereocenters. The van der Waals surface area contributed by atoms with Crippen LogP contribution in [0.3, 0.4) is 0 Å². The zero-order valence-electron chi connectivity index (χ0n) is 16.7. The van der Waals surface area contributed by atoms with E-state index in [1.165, 1.54) is 28.6 Å². The highest BCUT2D eigenvalue weighted by atomic mass is 32.2. The predicted molar refractivity (Wildman–Crippen MR) is 109 cm³/mol. The van der Waals surface area contributed by atoms with Gasteiger partial charge in [-0.25, -0.2) is 13.2 Å². The molecule has 2 atom stereocenters. The summed E-state index contributed by atoms with van der Waals surface area (Å²) >= 11 is 0.825. The fourth-order valence-electron chi connectivity index (χ4n) is 3.05. The number of rotatable bonds is 6. The minimum Gasteiger partial charge on any atom is -0.461 e. The first kappa shape index (κ1) is 22.3. The van der Waals surface area contributed by atoms with Crippen molar-refractivity contribution in [2.45, 2.75) is 37.9 Å². The first-order chi connectivity index (χ1) is 14.2. The van der Waals surface area contributed by atoms with Crippen molar-refractivity contribution in [3.05, 3.63) is 35.5 Å². The molecule has 2 aromatic rings.